The molecule has 0 bridgehead atoms. The molecule has 0 spiro atoms. The van der Waals surface area contributed by atoms with Crippen LogP contribution in [0.5, 0.6) is 0 Å². The van der Waals surface area contributed by atoms with Gasteiger partial charge in [-0.05, 0) is 42.9 Å². The normalized spacial score (nSPS) is 27.8. The molecule has 3 atom stereocenters. The van der Waals surface area contributed by atoms with Gasteiger partial charge in [0.05, 0.1) is 0 Å². The Kier molecular flexibility index (Phi) is 4.97. The van der Waals surface area contributed by atoms with Crippen molar-refractivity contribution in [1.29, 1.82) is 0 Å². The van der Waals surface area contributed by atoms with Crippen LogP contribution in [0.2, 0.25) is 0 Å². The summed E-state index contributed by atoms with van der Waals surface area (Å²) < 4.78 is 0. The Bertz CT molecular complexity index is 778. The van der Waals surface area contributed by atoms with Crippen molar-refractivity contribution in [3.63, 3.8) is 0 Å². The first-order chi connectivity index (χ1) is 13.1. The second-order valence-corrected chi connectivity index (χ2v) is 7.77. The zero-order valence-corrected chi connectivity index (χ0v) is 15.4. The zero-order valence-electron chi connectivity index (χ0n) is 15.4. The lowest BCUT2D eigenvalue weighted by molar-refractivity contribution is -0.136. The van der Waals surface area contributed by atoms with Crippen LogP contribution in [0.4, 0.5) is 0 Å². The number of hydrogen-bond donors (Lipinski definition) is 3. The maximum Gasteiger partial charge on any atom is 0.255 e. The highest BCUT2D eigenvalue weighted by Gasteiger charge is 2.40. The predicted molar refractivity (Wildman–Crippen MR) is 99.5 cm³/mol. The molecule has 1 aromatic carbocycles. The third kappa shape index (κ3) is 3.37. The number of rotatable bonds is 5. The third-order valence-corrected chi connectivity index (χ3v) is 6.16. The average Bonchev–Trinajstić information content (AvgIpc) is 3.24. The summed E-state index contributed by atoms with van der Waals surface area (Å²) in [6.07, 6.45) is 4.12. The molecule has 1 saturated carbocycles. The van der Waals surface area contributed by atoms with Gasteiger partial charge in [0.25, 0.3) is 5.91 Å². The van der Waals surface area contributed by atoms with E-state index in [9.17, 15) is 14.4 Å². The smallest absolute Gasteiger partial charge is 0.255 e. The van der Waals surface area contributed by atoms with Crippen LogP contribution >= 0.6 is 0 Å². The number of amides is 3. The number of nitrogens with zero attached hydrogens (tertiary/aromatic N) is 1. The summed E-state index contributed by atoms with van der Waals surface area (Å²) in [6.45, 7) is 1.73. The lowest BCUT2D eigenvalue weighted by Gasteiger charge is -2.29. The molecular formula is C20H26N4O3. The van der Waals surface area contributed by atoms with Gasteiger partial charge in [0.1, 0.15) is 6.04 Å². The lowest BCUT2D eigenvalue weighted by Crippen LogP contribution is -2.52. The van der Waals surface area contributed by atoms with Crippen LogP contribution < -0.4 is 16.4 Å². The van der Waals surface area contributed by atoms with E-state index in [4.69, 9.17) is 5.73 Å². The van der Waals surface area contributed by atoms with Gasteiger partial charge in [0, 0.05) is 31.1 Å². The summed E-state index contributed by atoms with van der Waals surface area (Å²) in [5, 5.41) is 5.93. The van der Waals surface area contributed by atoms with Crippen molar-refractivity contribution in [1.82, 2.24) is 15.5 Å². The molecule has 7 heteroatoms. The Morgan fingerprint density at radius 3 is 2.81 bits per heavy atom. The van der Waals surface area contributed by atoms with E-state index < -0.39 is 6.04 Å². The highest BCUT2D eigenvalue weighted by atomic mass is 16.2. The van der Waals surface area contributed by atoms with Gasteiger partial charge in [-0.3, -0.25) is 19.7 Å². The maximum atomic E-state index is 13.1. The van der Waals surface area contributed by atoms with Gasteiger partial charge >= 0.3 is 0 Å². The second-order valence-electron chi connectivity index (χ2n) is 7.77. The van der Waals surface area contributed by atoms with Crippen molar-refractivity contribution in [2.45, 2.75) is 57.3 Å². The number of hydrogen-bond acceptors (Lipinski definition) is 5. The first kappa shape index (κ1) is 18.1. The number of nitrogens with one attached hydrogen (secondary N) is 2. The molecule has 0 radical (unpaired) electrons. The number of piperidine rings is 1. The van der Waals surface area contributed by atoms with Gasteiger partial charge in [-0.25, -0.2) is 0 Å². The molecule has 3 aliphatic rings. The molecule has 0 aromatic heterocycles. The van der Waals surface area contributed by atoms with Crippen molar-refractivity contribution in [3.8, 4) is 0 Å². The minimum absolute atomic E-state index is 0.112. The highest BCUT2D eigenvalue weighted by molar-refractivity contribution is 6.05. The van der Waals surface area contributed by atoms with Gasteiger partial charge in [-0.1, -0.05) is 24.6 Å². The Hall–Kier alpha value is -2.25. The van der Waals surface area contributed by atoms with Crippen LogP contribution in [0.15, 0.2) is 18.2 Å². The van der Waals surface area contributed by atoms with Crippen LogP contribution in [0.25, 0.3) is 0 Å². The number of imide groups is 1. The molecule has 2 heterocycles. The van der Waals surface area contributed by atoms with Gasteiger partial charge in [0.15, 0.2) is 0 Å². The van der Waals surface area contributed by atoms with Crippen LogP contribution in [0.1, 0.15) is 53.6 Å². The molecule has 2 fully saturated rings. The lowest BCUT2D eigenvalue weighted by atomic mass is 10.0. The summed E-state index contributed by atoms with van der Waals surface area (Å²) in [6, 6.07) is 5.71. The monoisotopic (exact) mass is 370 g/mol. The largest absolute Gasteiger partial charge is 0.330 e. The summed E-state index contributed by atoms with van der Waals surface area (Å²) in [5.74, 6) is -0.253. The summed E-state index contributed by atoms with van der Waals surface area (Å²) in [4.78, 5) is 38.3. The summed E-state index contributed by atoms with van der Waals surface area (Å²) in [7, 11) is 0. The molecule has 4 N–H and O–H groups in total. The van der Waals surface area contributed by atoms with Crippen LogP contribution in [0, 0.1) is 5.92 Å². The van der Waals surface area contributed by atoms with Crippen molar-refractivity contribution in [3.05, 3.63) is 34.9 Å². The number of nitrogens with two attached hydrogens (primary N) is 1. The molecule has 2 aliphatic heterocycles. The quantitative estimate of drug-likeness (QED) is 0.661. The van der Waals surface area contributed by atoms with E-state index in [0.29, 0.717) is 43.6 Å². The number of fused-ring (bicyclic) bond motifs is 1. The molecule has 27 heavy (non-hydrogen) atoms. The minimum Gasteiger partial charge on any atom is -0.330 e. The minimum atomic E-state index is -0.570. The fraction of sp³-hybridized carbons (Fsp3) is 0.550. The van der Waals surface area contributed by atoms with Gasteiger partial charge in [-0.2, -0.15) is 0 Å². The number of carbonyl (C=O) groups is 3. The van der Waals surface area contributed by atoms with E-state index in [0.717, 1.165) is 24.0 Å². The topological polar surface area (TPSA) is 105 Å². The van der Waals surface area contributed by atoms with Crippen molar-refractivity contribution in [2.24, 2.45) is 11.7 Å². The molecule has 4 rings (SSSR count). The standard InChI is InChI=1S/C20H26N4O3/c21-9-12-3-2-6-15(12)22-10-13-4-1-5-14-11-24(20(27)18(13)14)16-7-8-17(25)23-19(16)26/h1,4-5,12,15-16,22H,2-3,6-11,21H2,(H,23,25,26)/t12-,15+,16?/m0/s1. The summed E-state index contributed by atoms with van der Waals surface area (Å²) in [5.41, 5.74) is 8.49. The van der Waals surface area contributed by atoms with Crippen LogP contribution in [0.3, 0.4) is 0 Å². The second kappa shape index (κ2) is 7.40. The molecule has 3 amide bonds. The maximum absolute atomic E-state index is 13.1. The van der Waals surface area contributed by atoms with E-state index in [1.54, 1.807) is 4.90 Å². The molecule has 1 aromatic rings. The van der Waals surface area contributed by atoms with E-state index in [2.05, 4.69) is 10.6 Å². The molecule has 1 aliphatic carbocycles. The summed E-state index contributed by atoms with van der Waals surface area (Å²) >= 11 is 0. The molecule has 1 saturated heterocycles. The van der Waals surface area contributed by atoms with Crippen molar-refractivity contribution < 1.29 is 14.4 Å². The highest BCUT2D eigenvalue weighted by Crippen LogP contribution is 2.30. The first-order valence-corrected chi connectivity index (χ1v) is 9.77. The Labute approximate surface area is 158 Å². The Balaban J connectivity index is 1.50. The fourth-order valence-corrected chi connectivity index (χ4v) is 4.67. The predicted octanol–water partition coefficient (Wildman–Crippen LogP) is 0.665. The molecule has 7 nitrogen and oxygen atoms in total. The van der Waals surface area contributed by atoms with Gasteiger partial charge in [0.2, 0.25) is 11.8 Å². The number of carbonyl (C=O) groups excluding carboxylic acids is 3. The Morgan fingerprint density at radius 2 is 2.04 bits per heavy atom. The first-order valence-electron chi connectivity index (χ1n) is 9.77. The van der Waals surface area contributed by atoms with Gasteiger partial charge in [-0.15, -0.1) is 0 Å². The van der Waals surface area contributed by atoms with E-state index in [1.807, 2.05) is 18.2 Å². The fourth-order valence-electron chi connectivity index (χ4n) is 4.67. The molecule has 1 unspecified atom stereocenters. The average molecular weight is 370 g/mol. The van der Waals surface area contributed by atoms with E-state index in [1.165, 1.54) is 6.42 Å². The van der Waals surface area contributed by atoms with Gasteiger partial charge < -0.3 is 16.0 Å². The van der Waals surface area contributed by atoms with E-state index in [-0.39, 0.29) is 24.1 Å². The molecule has 144 valence electrons. The Morgan fingerprint density at radius 1 is 1.19 bits per heavy atom. The van der Waals surface area contributed by atoms with Crippen LogP contribution in [-0.4, -0.2) is 41.2 Å². The zero-order chi connectivity index (χ0) is 19.0. The SMILES string of the molecule is NC[C@@H]1CCC[C@H]1NCc1cccc2c1C(=O)N(C1CCC(=O)NC1=O)C2. The number of benzene rings is 1. The van der Waals surface area contributed by atoms with E-state index >= 15 is 0 Å². The van der Waals surface area contributed by atoms with Crippen LogP contribution in [-0.2, 0) is 22.7 Å². The van der Waals surface area contributed by atoms with Crippen molar-refractivity contribution in [2.75, 3.05) is 6.54 Å². The third-order valence-electron chi connectivity index (χ3n) is 6.16. The molecular weight excluding hydrogens is 344 g/mol. The van der Waals surface area contributed by atoms with Crippen molar-refractivity contribution >= 4 is 17.7 Å².